The van der Waals surface area contributed by atoms with Crippen LogP contribution < -0.4 is 11.5 Å². The van der Waals surface area contributed by atoms with E-state index in [-0.39, 0.29) is 21.2 Å². The third-order valence-electron chi connectivity index (χ3n) is 5.49. The molecule has 0 bridgehead atoms. The van der Waals surface area contributed by atoms with Crippen molar-refractivity contribution < 1.29 is 9.85 Å². The van der Waals surface area contributed by atoms with Crippen LogP contribution in [0.3, 0.4) is 0 Å². The van der Waals surface area contributed by atoms with Crippen LogP contribution in [0.5, 0.6) is 0 Å². The average molecular weight is 717 g/mol. The minimum absolute atomic E-state index is 0.105. The number of hydrogen-bond acceptors (Lipinski definition) is 14. The van der Waals surface area contributed by atoms with Gasteiger partial charge in [0.1, 0.15) is 0 Å². The molecule has 0 saturated carbocycles. The number of nitrogens with zero attached hydrogens (tertiary/aromatic N) is 2. The number of rotatable bonds is 16. The van der Waals surface area contributed by atoms with Crippen molar-refractivity contribution in [3.63, 3.8) is 0 Å². The Bertz CT molecular complexity index is 1270. The Kier molecular flexibility index (Phi) is 14.3. The first kappa shape index (κ1) is 34.1. The van der Waals surface area contributed by atoms with E-state index in [0.717, 1.165) is 47.0 Å². The molecule has 0 radical (unpaired) electrons. The van der Waals surface area contributed by atoms with Gasteiger partial charge < -0.3 is 11.5 Å². The maximum absolute atomic E-state index is 11.0. The van der Waals surface area contributed by atoms with Gasteiger partial charge in [-0.15, -0.1) is 47.0 Å². The minimum Gasteiger partial charge on any atom is -0.330 e. The first-order chi connectivity index (χ1) is 20.4. The Morgan fingerprint density at radius 3 is 1.14 bits per heavy atom. The number of non-ortho nitro benzene ring substituents is 2. The predicted molar refractivity (Wildman–Crippen MR) is 193 cm³/mol. The van der Waals surface area contributed by atoms with E-state index in [2.05, 4.69) is 0 Å². The molecular weight excluding hydrogens is 689 g/mol. The fraction of sp³-hybridized carbons (Fsp3) is 0.308. The molecule has 8 nitrogen and oxygen atoms in total. The molecule has 42 heavy (non-hydrogen) atoms. The molecule has 2 aromatic carbocycles. The van der Waals surface area contributed by atoms with Crippen LogP contribution in [0.25, 0.3) is 0 Å². The second-order valence-corrected chi connectivity index (χ2v) is 18.5. The van der Waals surface area contributed by atoms with Crippen LogP contribution in [0.1, 0.15) is 11.1 Å². The monoisotopic (exact) mass is 716 g/mol. The van der Waals surface area contributed by atoms with Crippen molar-refractivity contribution in [2.75, 3.05) is 36.1 Å². The summed E-state index contributed by atoms with van der Waals surface area (Å²) in [6, 6.07) is 13.6. The molecule has 0 saturated heterocycles. The number of thioether (sulfide) groups is 8. The van der Waals surface area contributed by atoms with E-state index in [4.69, 9.17) is 11.5 Å². The molecule has 0 aliphatic carbocycles. The van der Waals surface area contributed by atoms with Crippen molar-refractivity contribution in [2.24, 2.45) is 11.5 Å². The summed E-state index contributed by atoms with van der Waals surface area (Å²) in [4.78, 5) is 21.2. The highest BCUT2D eigenvalue weighted by Crippen LogP contribution is 2.66. The summed E-state index contributed by atoms with van der Waals surface area (Å²) in [5.41, 5.74) is 13.9. The van der Waals surface area contributed by atoms with Crippen LogP contribution in [0.15, 0.2) is 74.0 Å². The van der Waals surface area contributed by atoms with Crippen molar-refractivity contribution in [2.45, 2.75) is 12.8 Å². The standard InChI is InChI=1S/C26H28N4O4S8/c27-11-15-37-23-24(38-16-12-28)42-26(41-23)25-39-21(35-13-9-17-1-5-19(6-2-17)29(31)32)22(40-25)36-14-10-18-3-7-20(8-4-18)30(33)34/h1-8H,9-16,27-28H2. The average Bonchev–Trinajstić information content (AvgIpc) is 3.59. The molecule has 0 spiro atoms. The van der Waals surface area contributed by atoms with Gasteiger partial charge in [0.25, 0.3) is 11.4 Å². The molecule has 2 heterocycles. The molecule has 0 atom stereocenters. The first-order valence-corrected chi connectivity index (χ1v) is 19.9. The number of benzene rings is 2. The Morgan fingerprint density at radius 1 is 0.548 bits per heavy atom. The lowest BCUT2D eigenvalue weighted by Gasteiger charge is -2.06. The highest BCUT2D eigenvalue weighted by Gasteiger charge is 2.30. The number of aryl methyl sites for hydroxylation is 2. The van der Waals surface area contributed by atoms with Crippen molar-refractivity contribution in [3.05, 3.63) is 105 Å². The van der Waals surface area contributed by atoms with Crippen LogP contribution in [0.4, 0.5) is 11.4 Å². The van der Waals surface area contributed by atoms with Crippen LogP contribution in [-0.4, -0.2) is 45.9 Å². The Labute approximate surface area is 278 Å². The molecule has 0 amide bonds. The topological polar surface area (TPSA) is 138 Å². The third kappa shape index (κ3) is 10.1. The summed E-state index contributed by atoms with van der Waals surface area (Å²) < 4.78 is 7.74. The van der Waals surface area contributed by atoms with E-state index >= 15 is 0 Å². The third-order valence-corrected chi connectivity index (χ3v) is 17.1. The second kappa shape index (κ2) is 17.6. The van der Waals surface area contributed by atoms with Gasteiger partial charge in [-0.05, 0) is 24.0 Å². The zero-order valence-corrected chi connectivity index (χ0v) is 28.8. The van der Waals surface area contributed by atoms with E-state index in [1.165, 1.54) is 25.4 Å². The van der Waals surface area contributed by atoms with Gasteiger partial charge in [0.2, 0.25) is 0 Å². The summed E-state index contributed by atoms with van der Waals surface area (Å²) in [5.74, 6) is 3.49. The van der Waals surface area contributed by atoms with Crippen molar-refractivity contribution in [1.29, 1.82) is 0 Å². The number of nitro groups is 2. The highest BCUT2D eigenvalue weighted by atomic mass is 32.3. The zero-order chi connectivity index (χ0) is 29.9. The van der Waals surface area contributed by atoms with Crippen molar-refractivity contribution in [3.8, 4) is 0 Å². The van der Waals surface area contributed by atoms with Crippen LogP contribution >= 0.6 is 94.1 Å². The molecule has 16 heteroatoms. The summed E-state index contributed by atoms with van der Waals surface area (Å²) in [7, 11) is 0. The van der Waals surface area contributed by atoms with Crippen LogP contribution in [-0.2, 0) is 12.8 Å². The molecule has 2 aromatic rings. The Hall–Kier alpha value is -0.820. The Balaban J connectivity index is 1.43. The van der Waals surface area contributed by atoms with Crippen molar-refractivity contribution in [1.82, 2.24) is 0 Å². The highest BCUT2D eigenvalue weighted by molar-refractivity contribution is 8.45. The minimum atomic E-state index is -0.376. The van der Waals surface area contributed by atoms with E-state index in [1.54, 1.807) is 24.3 Å². The smallest absolute Gasteiger partial charge is 0.269 e. The maximum Gasteiger partial charge on any atom is 0.269 e. The lowest BCUT2D eigenvalue weighted by molar-refractivity contribution is -0.385. The van der Waals surface area contributed by atoms with Gasteiger partial charge in [0, 0.05) is 60.4 Å². The van der Waals surface area contributed by atoms with E-state index < -0.39 is 0 Å². The molecule has 4 N–H and O–H groups in total. The predicted octanol–water partition coefficient (Wildman–Crippen LogP) is 8.48. The molecule has 0 aromatic heterocycles. The van der Waals surface area contributed by atoms with Crippen LogP contribution in [0.2, 0.25) is 0 Å². The maximum atomic E-state index is 11.0. The van der Waals surface area contributed by atoms with Crippen molar-refractivity contribution >= 4 is 105 Å². The van der Waals surface area contributed by atoms with Crippen LogP contribution in [0, 0.1) is 20.2 Å². The number of nitrogens with two attached hydrogens (primary N) is 2. The van der Waals surface area contributed by atoms with Gasteiger partial charge in [-0.25, -0.2) is 0 Å². The summed E-state index contributed by atoms with van der Waals surface area (Å²) in [5, 5.41) is 22.0. The molecule has 224 valence electrons. The fourth-order valence-electron chi connectivity index (χ4n) is 3.46. The summed E-state index contributed by atoms with van der Waals surface area (Å²) in [6.45, 7) is 1.27. The van der Waals surface area contributed by atoms with Gasteiger partial charge in [-0.2, -0.15) is 0 Å². The summed E-state index contributed by atoms with van der Waals surface area (Å²) in [6.07, 6.45) is 1.63. The second-order valence-electron chi connectivity index (χ2n) is 8.45. The van der Waals surface area contributed by atoms with Gasteiger partial charge in [0.15, 0.2) is 0 Å². The van der Waals surface area contributed by atoms with Gasteiger partial charge in [-0.3, -0.25) is 20.2 Å². The first-order valence-electron chi connectivity index (χ1n) is 12.7. The molecule has 2 aliphatic rings. The quantitative estimate of drug-likeness (QED) is 0.127. The SMILES string of the molecule is NCCSC1=C(SCCN)SC(=C2SC(SCCc3ccc([N+](=O)[O-])cc3)=C(SCCc3ccc([N+](=O)[O-])cc3)S2)S1. The molecular formula is C26H28N4O4S8. The van der Waals surface area contributed by atoms with E-state index in [9.17, 15) is 20.2 Å². The largest absolute Gasteiger partial charge is 0.330 e. The lowest BCUT2D eigenvalue weighted by atomic mass is 10.1. The van der Waals surface area contributed by atoms with Gasteiger partial charge >= 0.3 is 0 Å². The molecule has 2 aliphatic heterocycles. The Morgan fingerprint density at radius 2 is 0.857 bits per heavy atom. The molecule has 4 rings (SSSR count). The molecule has 0 unspecified atom stereocenters. The molecule has 0 fully saturated rings. The fourth-order valence-corrected chi connectivity index (χ4v) is 15.2. The van der Waals surface area contributed by atoms with Gasteiger partial charge in [0.05, 0.1) is 35.3 Å². The van der Waals surface area contributed by atoms with E-state index in [1.807, 2.05) is 118 Å². The number of nitro benzene ring substituents is 2. The lowest BCUT2D eigenvalue weighted by Crippen LogP contribution is -2.01. The normalized spacial score (nSPS) is 15.3. The number of hydrogen-bond donors (Lipinski definition) is 2. The van der Waals surface area contributed by atoms with E-state index in [0.29, 0.717) is 13.1 Å². The zero-order valence-electron chi connectivity index (χ0n) is 22.2. The summed E-state index contributed by atoms with van der Waals surface area (Å²) >= 11 is 14.6. The van der Waals surface area contributed by atoms with Gasteiger partial charge in [-0.1, -0.05) is 71.3 Å².